The Bertz CT molecular complexity index is 369. The lowest BCUT2D eigenvalue weighted by atomic mass is 10.1. The summed E-state index contributed by atoms with van der Waals surface area (Å²) in [4.78, 5) is 0. The van der Waals surface area contributed by atoms with Gasteiger partial charge in [-0.2, -0.15) is 5.26 Å². The smallest absolute Gasteiger partial charge is 0.174 e. The van der Waals surface area contributed by atoms with Crippen molar-refractivity contribution in [2.24, 2.45) is 0 Å². The van der Waals surface area contributed by atoms with E-state index in [9.17, 15) is 5.11 Å². The highest BCUT2D eigenvalue weighted by Gasteiger charge is 2.08. The first kappa shape index (κ1) is 11.3. The van der Waals surface area contributed by atoms with Crippen molar-refractivity contribution in [3.05, 3.63) is 23.8 Å². The predicted octanol–water partition coefficient (Wildman–Crippen LogP) is 1.65. The molecule has 4 nitrogen and oxygen atoms in total. The number of hydrogen-bond donors (Lipinski definition) is 1. The van der Waals surface area contributed by atoms with Crippen LogP contribution in [0.3, 0.4) is 0 Å². The fraction of sp³-hybridized carbons (Fsp3) is 0.364. The first-order chi connectivity index (χ1) is 7.19. The zero-order valence-electron chi connectivity index (χ0n) is 8.73. The van der Waals surface area contributed by atoms with Crippen LogP contribution in [0.25, 0.3) is 0 Å². The summed E-state index contributed by atoms with van der Waals surface area (Å²) in [5, 5.41) is 17.7. The molecule has 4 heteroatoms. The second-order valence-corrected chi connectivity index (χ2v) is 3.03. The third-order valence-corrected chi connectivity index (χ3v) is 1.96. The van der Waals surface area contributed by atoms with Gasteiger partial charge in [0.15, 0.2) is 18.1 Å². The van der Waals surface area contributed by atoms with Crippen LogP contribution in [0.5, 0.6) is 11.5 Å². The lowest BCUT2D eigenvalue weighted by molar-refractivity contribution is 0.198. The summed E-state index contributed by atoms with van der Waals surface area (Å²) < 4.78 is 10.2. The molecule has 0 saturated heterocycles. The topological polar surface area (TPSA) is 62.5 Å². The summed E-state index contributed by atoms with van der Waals surface area (Å²) in [6, 6.07) is 6.98. The minimum atomic E-state index is -0.552. The van der Waals surface area contributed by atoms with Gasteiger partial charge in [0, 0.05) is 0 Å². The van der Waals surface area contributed by atoms with Gasteiger partial charge in [-0.3, -0.25) is 0 Å². The molecular formula is C11H13NO3. The first-order valence-electron chi connectivity index (χ1n) is 4.54. The number of ether oxygens (including phenoxy) is 2. The van der Waals surface area contributed by atoms with E-state index in [-0.39, 0.29) is 6.61 Å². The molecule has 1 N–H and O–H groups in total. The number of nitriles is 1. The molecule has 0 aliphatic rings. The maximum absolute atomic E-state index is 9.36. The highest BCUT2D eigenvalue weighted by Crippen LogP contribution is 2.30. The van der Waals surface area contributed by atoms with Crippen LogP contribution in [0.15, 0.2) is 18.2 Å². The van der Waals surface area contributed by atoms with E-state index < -0.39 is 6.10 Å². The Morgan fingerprint density at radius 2 is 2.20 bits per heavy atom. The van der Waals surface area contributed by atoms with E-state index in [4.69, 9.17) is 14.7 Å². The molecule has 0 aliphatic carbocycles. The van der Waals surface area contributed by atoms with Crippen LogP contribution in [-0.4, -0.2) is 18.8 Å². The number of benzene rings is 1. The van der Waals surface area contributed by atoms with Crippen molar-refractivity contribution in [1.29, 1.82) is 5.26 Å². The lowest BCUT2D eigenvalue weighted by Gasteiger charge is -2.11. The van der Waals surface area contributed by atoms with Crippen LogP contribution in [0.1, 0.15) is 18.6 Å². The van der Waals surface area contributed by atoms with Gasteiger partial charge in [-0.15, -0.1) is 0 Å². The van der Waals surface area contributed by atoms with Gasteiger partial charge in [0.25, 0.3) is 0 Å². The Kier molecular flexibility index (Phi) is 3.95. The number of rotatable bonds is 4. The summed E-state index contributed by atoms with van der Waals surface area (Å²) >= 11 is 0. The van der Waals surface area contributed by atoms with E-state index in [1.165, 1.54) is 7.11 Å². The van der Waals surface area contributed by atoms with Crippen LogP contribution in [0, 0.1) is 11.3 Å². The summed E-state index contributed by atoms with van der Waals surface area (Å²) in [6.45, 7) is 1.65. The van der Waals surface area contributed by atoms with Crippen LogP contribution in [0.4, 0.5) is 0 Å². The van der Waals surface area contributed by atoms with Gasteiger partial charge in [-0.25, -0.2) is 0 Å². The molecular weight excluding hydrogens is 194 g/mol. The third-order valence-electron chi connectivity index (χ3n) is 1.96. The lowest BCUT2D eigenvalue weighted by Crippen LogP contribution is -1.98. The van der Waals surface area contributed by atoms with Gasteiger partial charge < -0.3 is 14.6 Å². The standard InChI is InChI=1S/C11H13NO3/c1-8(13)9-3-4-10(15-6-5-12)11(7-9)14-2/h3-4,7-8,13H,6H2,1-2H3/t8-/m1/s1. The maximum Gasteiger partial charge on any atom is 0.174 e. The highest BCUT2D eigenvalue weighted by molar-refractivity contribution is 5.43. The molecule has 1 rings (SSSR count). The molecule has 0 radical (unpaired) electrons. The molecule has 0 bridgehead atoms. The monoisotopic (exact) mass is 207 g/mol. The van der Waals surface area contributed by atoms with Crippen LogP contribution >= 0.6 is 0 Å². The largest absolute Gasteiger partial charge is 0.493 e. The SMILES string of the molecule is COc1cc([C@@H](C)O)ccc1OCC#N. The second-order valence-electron chi connectivity index (χ2n) is 3.03. The van der Waals surface area contributed by atoms with Crippen LogP contribution in [-0.2, 0) is 0 Å². The zero-order valence-corrected chi connectivity index (χ0v) is 8.73. The predicted molar refractivity (Wildman–Crippen MR) is 54.7 cm³/mol. The Labute approximate surface area is 88.7 Å². The van der Waals surface area contributed by atoms with Crippen molar-refractivity contribution in [2.75, 3.05) is 13.7 Å². The van der Waals surface area contributed by atoms with Crippen molar-refractivity contribution in [3.8, 4) is 17.6 Å². The van der Waals surface area contributed by atoms with Crippen molar-refractivity contribution < 1.29 is 14.6 Å². The fourth-order valence-electron chi connectivity index (χ4n) is 1.17. The molecule has 1 aromatic carbocycles. The van der Waals surface area contributed by atoms with Gasteiger partial charge in [-0.05, 0) is 24.6 Å². The van der Waals surface area contributed by atoms with E-state index in [0.29, 0.717) is 11.5 Å². The quantitative estimate of drug-likeness (QED) is 0.815. The second kappa shape index (κ2) is 5.23. The van der Waals surface area contributed by atoms with E-state index in [1.54, 1.807) is 25.1 Å². The average Bonchev–Trinajstić information content (AvgIpc) is 2.25. The number of hydrogen-bond acceptors (Lipinski definition) is 4. The molecule has 0 unspecified atom stereocenters. The van der Waals surface area contributed by atoms with E-state index in [0.717, 1.165) is 5.56 Å². The van der Waals surface area contributed by atoms with Gasteiger partial charge in [0.1, 0.15) is 6.07 Å². The number of methoxy groups -OCH3 is 1. The Hall–Kier alpha value is -1.73. The van der Waals surface area contributed by atoms with Crippen molar-refractivity contribution >= 4 is 0 Å². The minimum absolute atomic E-state index is 0.0234. The van der Waals surface area contributed by atoms with Crippen molar-refractivity contribution in [1.82, 2.24) is 0 Å². The van der Waals surface area contributed by atoms with Crippen LogP contribution < -0.4 is 9.47 Å². The third kappa shape index (κ3) is 2.86. The molecule has 80 valence electrons. The molecule has 0 saturated carbocycles. The number of aliphatic hydroxyl groups is 1. The van der Waals surface area contributed by atoms with E-state index in [2.05, 4.69) is 0 Å². The van der Waals surface area contributed by atoms with Crippen molar-refractivity contribution in [3.63, 3.8) is 0 Å². The number of nitrogens with zero attached hydrogens (tertiary/aromatic N) is 1. The normalized spacial score (nSPS) is 11.6. The summed E-state index contributed by atoms with van der Waals surface area (Å²) in [5.41, 5.74) is 0.746. The Balaban J connectivity index is 2.94. The summed E-state index contributed by atoms with van der Waals surface area (Å²) in [7, 11) is 1.51. The molecule has 0 fully saturated rings. The Morgan fingerprint density at radius 1 is 1.47 bits per heavy atom. The maximum atomic E-state index is 9.36. The summed E-state index contributed by atoms with van der Waals surface area (Å²) in [5.74, 6) is 1.02. The van der Waals surface area contributed by atoms with Gasteiger partial charge in [-0.1, -0.05) is 6.07 Å². The number of aliphatic hydroxyl groups excluding tert-OH is 1. The summed E-state index contributed by atoms with van der Waals surface area (Å²) in [6.07, 6.45) is -0.552. The first-order valence-corrected chi connectivity index (χ1v) is 4.54. The van der Waals surface area contributed by atoms with Crippen molar-refractivity contribution in [2.45, 2.75) is 13.0 Å². The van der Waals surface area contributed by atoms with Gasteiger partial charge in [0.2, 0.25) is 0 Å². The minimum Gasteiger partial charge on any atom is -0.493 e. The molecule has 0 aromatic heterocycles. The Morgan fingerprint density at radius 3 is 2.73 bits per heavy atom. The van der Waals surface area contributed by atoms with Crippen LogP contribution in [0.2, 0.25) is 0 Å². The highest BCUT2D eigenvalue weighted by atomic mass is 16.5. The van der Waals surface area contributed by atoms with Gasteiger partial charge >= 0.3 is 0 Å². The van der Waals surface area contributed by atoms with E-state index in [1.807, 2.05) is 6.07 Å². The molecule has 0 aliphatic heterocycles. The molecule has 0 amide bonds. The molecule has 0 heterocycles. The van der Waals surface area contributed by atoms with E-state index >= 15 is 0 Å². The molecule has 0 spiro atoms. The molecule has 15 heavy (non-hydrogen) atoms. The molecule has 1 aromatic rings. The molecule has 1 atom stereocenters. The average molecular weight is 207 g/mol. The zero-order chi connectivity index (χ0) is 11.3. The fourth-order valence-corrected chi connectivity index (χ4v) is 1.17. The van der Waals surface area contributed by atoms with Gasteiger partial charge in [0.05, 0.1) is 13.2 Å².